The number of hydrogen-bond donors (Lipinski definition) is 0. The van der Waals surface area contributed by atoms with E-state index in [1.54, 1.807) is 7.05 Å². The average molecular weight is 300 g/mol. The van der Waals surface area contributed by atoms with Crippen LogP contribution in [0.15, 0.2) is 54.6 Å². The van der Waals surface area contributed by atoms with Crippen LogP contribution in [-0.4, -0.2) is 25.0 Å². The molecule has 2 aromatic rings. The summed E-state index contributed by atoms with van der Waals surface area (Å²) in [4.78, 5) is 24.2. The standard InChI is InChI=1S/C16H16N2O4/c1-17(13-8-10-14(11-9-13)18(20)21)16(19)15(22-2)12-6-4-3-5-7-12/h3-11,15H,1-2H3/t15-/m1/s1. The van der Waals surface area contributed by atoms with Crippen molar-refractivity contribution >= 4 is 17.3 Å². The van der Waals surface area contributed by atoms with Crippen LogP contribution in [0.4, 0.5) is 11.4 Å². The molecular formula is C16H16N2O4. The van der Waals surface area contributed by atoms with Gasteiger partial charge in [-0.15, -0.1) is 0 Å². The number of anilines is 1. The van der Waals surface area contributed by atoms with Crippen LogP contribution < -0.4 is 4.90 Å². The Morgan fingerprint density at radius 2 is 1.73 bits per heavy atom. The van der Waals surface area contributed by atoms with Crippen molar-refractivity contribution in [3.05, 3.63) is 70.3 Å². The number of carbonyl (C=O) groups excluding carboxylic acids is 1. The zero-order valence-corrected chi connectivity index (χ0v) is 12.3. The molecule has 0 aliphatic heterocycles. The second-order valence-corrected chi connectivity index (χ2v) is 4.70. The second-order valence-electron chi connectivity index (χ2n) is 4.70. The normalized spacial score (nSPS) is 11.7. The number of methoxy groups -OCH3 is 1. The first-order chi connectivity index (χ1) is 10.5. The second kappa shape index (κ2) is 6.82. The SMILES string of the molecule is CO[C@@H](C(=O)N(C)c1ccc([N+](=O)[O-])cc1)c1ccccc1. The van der Waals surface area contributed by atoms with Crippen LogP contribution in [0, 0.1) is 10.1 Å². The number of nitrogens with zero attached hydrogens (tertiary/aromatic N) is 2. The Labute approximate surface area is 128 Å². The predicted octanol–water partition coefficient (Wildman–Crippen LogP) is 2.95. The van der Waals surface area contributed by atoms with Crippen molar-refractivity contribution in [2.45, 2.75) is 6.10 Å². The first-order valence-electron chi connectivity index (χ1n) is 6.64. The quantitative estimate of drug-likeness (QED) is 0.628. The van der Waals surface area contributed by atoms with Crippen LogP contribution in [0.3, 0.4) is 0 Å². The van der Waals surface area contributed by atoms with E-state index in [1.807, 2.05) is 30.3 Å². The molecule has 0 N–H and O–H groups in total. The highest BCUT2D eigenvalue weighted by atomic mass is 16.6. The minimum atomic E-state index is -0.721. The number of hydrogen-bond acceptors (Lipinski definition) is 4. The third kappa shape index (κ3) is 3.29. The van der Waals surface area contributed by atoms with Gasteiger partial charge in [-0.25, -0.2) is 0 Å². The minimum Gasteiger partial charge on any atom is -0.367 e. The summed E-state index contributed by atoms with van der Waals surface area (Å²) in [6.07, 6.45) is -0.721. The van der Waals surface area contributed by atoms with E-state index in [2.05, 4.69) is 0 Å². The van der Waals surface area contributed by atoms with Gasteiger partial charge in [-0.05, 0) is 17.7 Å². The van der Waals surface area contributed by atoms with E-state index in [0.29, 0.717) is 5.69 Å². The Kier molecular flexibility index (Phi) is 4.85. The van der Waals surface area contributed by atoms with Crippen molar-refractivity contribution in [1.82, 2.24) is 0 Å². The lowest BCUT2D eigenvalue weighted by molar-refractivity contribution is -0.384. The van der Waals surface area contributed by atoms with Crippen LogP contribution in [0.2, 0.25) is 0 Å². The van der Waals surface area contributed by atoms with Gasteiger partial charge in [-0.2, -0.15) is 0 Å². The van der Waals surface area contributed by atoms with E-state index in [0.717, 1.165) is 5.56 Å². The summed E-state index contributed by atoms with van der Waals surface area (Å²) in [7, 11) is 3.08. The molecule has 0 spiro atoms. The summed E-state index contributed by atoms with van der Waals surface area (Å²) in [6, 6.07) is 15.0. The Hall–Kier alpha value is -2.73. The molecule has 0 bridgehead atoms. The zero-order valence-electron chi connectivity index (χ0n) is 12.3. The summed E-state index contributed by atoms with van der Waals surface area (Å²) in [5, 5.41) is 10.7. The van der Waals surface area contributed by atoms with E-state index < -0.39 is 11.0 Å². The molecule has 0 fully saturated rings. The molecule has 1 amide bonds. The van der Waals surface area contributed by atoms with Gasteiger partial charge in [0.15, 0.2) is 6.10 Å². The molecule has 0 unspecified atom stereocenters. The molecule has 0 saturated heterocycles. The van der Waals surface area contributed by atoms with Crippen molar-refractivity contribution < 1.29 is 14.5 Å². The van der Waals surface area contributed by atoms with Gasteiger partial charge in [0.1, 0.15) is 0 Å². The molecule has 114 valence electrons. The van der Waals surface area contributed by atoms with Crippen LogP contribution in [0.5, 0.6) is 0 Å². The van der Waals surface area contributed by atoms with Gasteiger partial charge in [0, 0.05) is 32.0 Å². The molecular weight excluding hydrogens is 284 g/mol. The number of ether oxygens (including phenoxy) is 1. The van der Waals surface area contributed by atoms with E-state index in [4.69, 9.17) is 4.74 Å². The third-order valence-corrected chi connectivity index (χ3v) is 3.34. The molecule has 0 aliphatic carbocycles. The number of likely N-dealkylation sites (N-methyl/N-ethyl adjacent to an activating group) is 1. The molecule has 0 aromatic heterocycles. The number of nitro groups is 1. The number of non-ortho nitro benzene ring substituents is 1. The van der Waals surface area contributed by atoms with Crippen molar-refractivity contribution in [3.63, 3.8) is 0 Å². The van der Waals surface area contributed by atoms with Gasteiger partial charge < -0.3 is 9.64 Å². The van der Waals surface area contributed by atoms with E-state index in [-0.39, 0.29) is 11.6 Å². The lowest BCUT2D eigenvalue weighted by Crippen LogP contribution is -2.32. The van der Waals surface area contributed by atoms with Gasteiger partial charge in [0.05, 0.1) is 4.92 Å². The summed E-state index contributed by atoms with van der Waals surface area (Å²) in [5.41, 5.74) is 1.30. The number of carbonyl (C=O) groups is 1. The highest BCUT2D eigenvalue weighted by Gasteiger charge is 2.24. The van der Waals surface area contributed by atoms with Crippen molar-refractivity contribution in [2.24, 2.45) is 0 Å². The van der Waals surface area contributed by atoms with E-state index in [1.165, 1.54) is 36.3 Å². The number of benzene rings is 2. The molecule has 0 heterocycles. The fourth-order valence-corrected chi connectivity index (χ4v) is 2.11. The number of amides is 1. The molecule has 6 nitrogen and oxygen atoms in total. The molecule has 0 saturated carbocycles. The summed E-state index contributed by atoms with van der Waals surface area (Å²) < 4.78 is 5.30. The largest absolute Gasteiger partial charge is 0.367 e. The van der Waals surface area contributed by atoms with Crippen LogP contribution >= 0.6 is 0 Å². The fourth-order valence-electron chi connectivity index (χ4n) is 2.11. The zero-order chi connectivity index (χ0) is 16.1. The maximum Gasteiger partial charge on any atom is 0.269 e. The van der Waals surface area contributed by atoms with E-state index in [9.17, 15) is 14.9 Å². The number of rotatable bonds is 5. The highest BCUT2D eigenvalue weighted by Crippen LogP contribution is 2.24. The minimum absolute atomic E-state index is 0.0176. The maximum atomic E-state index is 12.6. The van der Waals surface area contributed by atoms with Gasteiger partial charge in [0.2, 0.25) is 0 Å². The topological polar surface area (TPSA) is 72.7 Å². The summed E-state index contributed by atoms with van der Waals surface area (Å²) in [6.45, 7) is 0. The summed E-state index contributed by atoms with van der Waals surface area (Å²) >= 11 is 0. The van der Waals surface area contributed by atoms with E-state index >= 15 is 0 Å². The van der Waals surface area contributed by atoms with Crippen LogP contribution in [-0.2, 0) is 9.53 Å². The Balaban J connectivity index is 2.22. The van der Waals surface area contributed by atoms with Crippen LogP contribution in [0.25, 0.3) is 0 Å². The monoisotopic (exact) mass is 300 g/mol. The molecule has 6 heteroatoms. The average Bonchev–Trinajstić information content (AvgIpc) is 2.56. The Bertz CT molecular complexity index is 656. The highest BCUT2D eigenvalue weighted by molar-refractivity contribution is 5.96. The molecule has 0 aliphatic rings. The Morgan fingerprint density at radius 1 is 1.14 bits per heavy atom. The van der Waals surface area contributed by atoms with Crippen molar-refractivity contribution in [2.75, 3.05) is 19.1 Å². The van der Waals surface area contributed by atoms with Gasteiger partial charge in [-0.1, -0.05) is 30.3 Å². The smallest absolute Gasteiger partial charge is 0.269 e. The molecule has 22 heavy (non-hydrogen) atoms. The first kappa shape index (κ1) is 15.7. The molecule has 2 aromatic carbocycles. The lowest BCUT2D eigenvalue weighted by atomic mass is 10.1. The summed E-state index contributed by atoms with van der Waals surface area (Å²) in [5.74, 6) is -0.248. The molecule has 0 radical (unpaired) electrons. The Morgan fingerprint density at radius 3 is 2.23 bits per heavy atom. The molecule has 2 rings (SSSR count). The lowest BCUT2D eigenvalue weighted by Gasteiger charge is -2.23. The third-order valence-electron chi connectivity index (χ3n) is 3.34. The first-order valence-corrected chi connectivity index (χ1v) is 6.64. The van der Waals surface area contributed by atoms with Crippen molar-refractivity contribution in [3.8, 4) is 0 Å². The number of nitro benzene ring substituents is 1. The fraction of sp³-hybridized carbons (Fsp3) is 0.188. The predicted molar refractivity (Wildman–Crippen MR) is 82.7 cm³/mol. The van der Waals surface area contributed by atoms with Crippen molar-refractivity contribution in [1.29, 1.82) is 0 Å². The van der Waals surface area contributed by atoms with Crippen LogP contribution in [0.1, 0.15) is 11.7 Å². The van der Waals surface area contributed by atoms with Gasteiger partial charge in [-0.3, -0.25) is 14.9 Å². The molecule has 1 atom stereocenters. The maximum absolute atomic E-state index is 12.6. The van der Waals surface area contributed by atoms with Gasteiger partial charge >= 0.3 is 0 Å². The van der Waals surface area contributed by atoms with Gasteiger partial charge in [0.25, 0.3) is 11.6 Å².